The molecule has 0 bridgehead atoms. The van der Waals surface area contributed by atoms with Crippen LogP contribution in [-0.2, 0) is 7.05 Å². The molecule has 0 aliphatic heterocycles. The fourth-order valence-corrected chi connectivity index (χ4v) is 1.83. The highest BCUT2D eigenvalue weighted by Crippen LogP contribution is 2.18. The fraction of sp³-hybridized carbons (Fsp3) is 0.0769. The first-order valence-electron chi connectivity index (χ1n) is 5.73. The van der Waals surface area contributed by atoms with Gasteiger partial charge < -0.3 is 5.32 Å². The van der Waals surface area contributed by atoms with Crippen LogP contribution in [0.5, 0.6) is 0 Å². The molecule has 6 heteroatoms. The van der Waals surface area contributed by atoms with Crippen LogP contribution in [0.25, 0.3) is 10.9 Å². The molecule has 0 atom stereocenters. The SMILES string of the molecule is Cn1ncc2ccc(NC(=O)c3cnccn3)cc21. The summed E-state index contributed by atoms with van der Waals surface area (Å²) >= 11 is 0. The number of carbonyl (C=O) groups is 1. The van der Waals surface area contributed by atoms with Crippen molar-refractivity contribution in [2.75, 3.05) is 5.32 Å². The molecule has 0 saturated heterocycles. The van der Waals surface area contributed by atoms with Crippen LogP contribution in [0.15, 0.2) is 43.0 Å². The average Bonchev–Trinajstić information content (AvgIpc) is 2.81. The summed E-state index contributed by atoms with van der Waals surface area (Å²) in [5.74, 6) is -0.283. The van der Waals surface area contributed by atoms with E-state index < -0.39 is 0 Å². The van der Waals surface area contributed by atoms with Crippen LogP contribution in [0.4, 0.5) is 5.69 Å². The van der Waals surface area contributed by atoms with Gasteiger partial charge >= 0.3 is 0 Å². The van der Waals surface area contributed by atoms with E-state index in [0.29, 0.717) is 5.69 Å². The van der Waals surface area contributed by atoms with Crippen LogP contribution >= 0.6 is 0 Å². The molecule has 0 spiro atoms. The second-order valence-corrected chi connectivity index (χ2v) is 4.09. The molecule has 2 heterocycles. The maximum Gasteiger partial charge on any atom is 0.275 e. The number of hydrogen-bond donors (Lipinski definition) is 1. The molecule has 1 N–H and O–H groups in total. The van der Waals surface area contributed by atoms with Crippen molar-refractivity contribution in [2.45, 2.75) is 0 Å². The molecule has 0 aliphatic carbocycles. The van der Waals surface area contributed by atoms with Gasteiger partial charge in [0.2, 0.25) is 0 Å². The summed E-state index contributed by atoms with van der Waals surface area (Å²) in [6, 6.07) is 5.61. The summed E-state index contributed by atoms with van der Waals surface area (Å²) < 4.78 is 1.76. The van der Waals surface area contributed by atoms with Crippen molar-refractivity contribution in [1.29, 1.82) is 0 Å². The third-order valence-corrected chi connectivity index (χ3v) is 2.80. The molecule has 19 heavy (non-hydrogen) atoms. The Balaban J connectivity index is 1.89. The number of fused-ring (bicyclic) bond motifs is 1. The van der Waals surface area contributed by atoms with Crippen LogP contribution in [0.3, 0.4) is 0 Å². The number of nitrogens with zero attached hydrogens (tertiary/aromatic N) is 4. The summed E-state index contributed by atoms with van der Waals surface area (Å²) in [5.41, 5.74) is 1.94. The lowest BCUT2D eigenvalue weighted by molar-refractivity contribution is 0.102. The van der Waals surface area contributed by atoms with Crippen molar-refractivity contribution in [3.63, 3.8) is 0 Å². The molecule has 0 aliphatic rings. The smallest absolute Gasteiger partial charge is 0.275 e. The maximum atomic E-state index is 11.9. The van der Waals surface area contributed by atoms with Gasteiger partial charge in [-0.15, -0.1) is 0 Å². The second-order valence-electron chi connectivity index (χ2n) is 4.09. The minimum atomic E-state index is -0.283. The van der Waals surface area contributed by atoms with Crippen molar-refractivity contribution >= 4 is 22.5 Å². The standard InChI is InChI=1S/C13H11N5O/c1-18-12-6-10(3-2-9(12)7-16-18)17-13(19)11-8-14-4-5-15-11/h2-8H,1H3,(H,17,19). The third-order valence-electron chi connectivity index (χ3n) is 2.80. The highest BCUT2D eigenvalue weighted by atomic mass is 16.1. The predicted molar refractivity (Wildman–Crippen MR) is 70.7 cm³/mol. The van der Waals surface area contributed by atoms with Crippen molar-refractivity contribution in [3.8, 4) is 0 Å². The number of benzene rings is 1. The zero-order chi connectivity index (χ0) is 13.2. The van der Waals surface area contributed by atoms with Gasteiger partial charge in [-0.2, -0.15) is 5.10 Å². The molecule has 0 unspecified atom stereocenters. The lowest BCUT2D eigenvalue weighted by Crippen LogP contribution is -2.13. The summed E-state index contributed by atoms with van der Waals surface area (Å²) in [7, 11) is 1.86. The van der Waals surface area contributed by atoms with Crippen molar-refractivity contribution < 1.29 is 4.79 Å². The molecule has 1 aromatic carbocycles. The number of carbonyl (C=O) groups excluding carboxylic acids is 1. The highest BCUT2D eigenvalue weighted by Gasteiger charge is 2.08. The zero-order valence-electron chi connectivity index (χ0n) is 10.2. The molecule has 1 amide bonds. The summed E-state index contributed by atoms with van der Waals surface area (Å²) in [4.78, 5) is 19.8. The minimum absolute atomic E-state index is 0.283. The quantitative estimate of drug-likeness (QED) is 0.753. The van der Waals surface area contributed by atoms with E-state index in [1.165, 1.54) is 18.6 Å². The van der Waals surface area contributed by atoms with Gasteiger partial charge in [0.05, 0.1) is 17.9 Å². The number of amides is 1. The van der Waals surface area contributed by atoms with Crippen LogP contribution in [0, 0.1) is 0 Å². The number of nitrogens with one attached hydrogen (secondary N) is 1. The Labute approximate surface area is 109 Å². The van der Waals surface area contributed by atoms with Gasteiger partial charge in [-0.1, -0.05) is 0 Å². The number of aryl methyl sites for hydroxylation is 1. The summed E-state index contributed by atoms with van der Waals surface area (Å²) in [6.07, 6.45) is 6.22. The van der Waals surface area contributed by atoms with Crippen LogP contribution in [0.2, 0.25) is 0 Å². The first-order chi connectivity index (χ1) is 9.24. The number of rotatable bonds is 2. The van der Waals surface area contributed by atoms with Gasteiger partial charge in [-0.25, -0.2) is 4.98 Å². The molecule has 3 rings (SSSR count). The monoisotopic (exact) mass is 253 g/mol. The van der Waals surface area contributed by atoms with E-state index in [1.54, 1.807) is 10.9 Å². The first-order valence-corrected chi connectivity index (χ1v) is 5.73. The Kier molecular flexibility index (Phi) is 2.68. The fourth-order valence-electron chi connectivity index (χ4n) is 1.83. The Morgan fingerprint density at radius 1 is 1.26 bits per heavy atom. The Hall–Kier alpha value is -2.76. The maximum absolute atomic E-state index is 11.9. The molecule has 94 valence electrons. The number of aromatic nitrogens is 4. The van der Waals surface area contributed by atoms with E-state index in [0.717, 1.165) is 10.9 Å². The molecule has 6 nitrogen and oxygen atoms in total. The van der Waals surface area contributed by atoms with E-state index in [1.807, 2.05) is 25.2 Å². The Bertz CT molecular complexity index is 735. The third kappa shape index (κ3) is 2.15. The van der Waals surface area contributed by atoms with E-state index in [4.69, 9.17) is 0 Å². The number of anilines is 1. The first kappa shape index (κ1) is 11.3. The van der Waals surface area contributed by atoms with Crippen LogP contribution in [-0.4, -0.2) is 25.7 Å². The van der Waals surface area contributed by atoms with Crippen LogP contribution in [0.1, 0.15) is 10.5 Å². The van der Waals surface area contributed by atoms with Gasteiger partial charge in [0.25, 0.3) is 5.91 Å². The highest BCUT2D eigenvalue weighted by molar-refractivity contribution is 6.03. The summed E-state index contributed by atoms with van der Waals surface area (Å²) in [6.45, 7) is 0. The molecule has 0 fully saturated rings. The van der Waals surface area contributed by atoms with Crippen molar-refractivity contribution in [2.24, 2.45) is 7.05 Å². The summed E-state index contributed by atoms with van der Waals surface area (Å²) in [5, 5.41) is 7.97. The molecular weight excluding hydrogens is 242 g/mol. The van der Waals surface area contributed by atoms with Gasteiger partial charge in [-0.3, -0.25) is 14.5 Å². The average molecular weight is 253 g/mol. The van der Waals surface area contributed by atoms with Gasteiger partial charge in [0, 0.05) is 30.5 Å². The van der Waals surface area contributed by atoms with Gasteiger partial charge in [0.15, 0.2) is 0 Å². The topological polar surface area (TPSA) is 72.7 Å². The second kappa shape index (κ2) is 4.49. The molecule has 3 aromatic rings. The van der Waals surface area contributed by atoms with Crippen molar-refractivity contribution in [3.05, 3.63) is 48.7 Å². The van der Waals surface area contributed by atoms with E-state index >= 15 is 0 Å². The lowest BCUT2D eigenvalue weighted by Gasteiger charge is -2.04. The Morgan fingerprint density at radius 2 is 2.16 bits per heavy atom. The van der Waals surface area contributed by atoms with E-state index in [9.17, 15) is 4.79 Å². The van der Waals surface area contributed by atoms with E-state index in [-0.39, 0.29) is 11.6 Å². The largest absolute Gasteiger partial charge is 0.321 e. The molecule has 0 radical (unpaired) electrons. The molecule has 2 aromatic heterocycles. The van der Waals surface area contributed by atoms with Crippen LogP contribution < -0.4 is 5.32 Å². The van der Waals surface area contributed by atoms with Gasteiger partial charge in [-0.05, 0) is 18.2 Å². The zero-order valence-corrected chi connectivity index (χ0v) is 10.2. The van der Waals surface area contributed by atoms with Crippen molar-refractivity contribution in [1.82, 2.24) is 19.7 Å². The molecule has 0 saturated carbocycles. The number of hydrogen-bond acceptors (Lipinski definition) is 4. The van der Waals surface area contributed by atoms with Gasteiger partial charge in [0.1, 0.15) is 5.69 Å². The molecular formula is C13H11N5O. The van der Waals surface area contributed by atoms with E-state index in [2.05, 4.69) is 20.4 Å². The normalized spacial score (nSPS) is 10.6. The predicted octanol–water partition coefficient (Wildman–Crippen LogP) is 1.62. The lowest BCUT2D eigenvalue weighted by atomic mass is 10.2. The Morgan fingerprint density at radius 3 is 2.95 bits per heavy atom. The minimum Gasteiger partial charge on any atom is -0.321 e.